The van der Waals surface area contributed by atoms with Crippen LogP contribution in [0.3, 0.4) is 0 Å². The Balaban J connectivity index is 2.04. The van der Waals surface area contributed by atoms with Crippen molar-refractivity contribution in [2.24, 2.45) is 0 Å². The van der Waals surface area contributed by atoms with Gasteiger partial charge in [0.2, 0.25) is 5.91 Å². The number of amides is 1. The van der Waals surface area contributed by atoms with E-state index in [9.17, 15) is 9.18 Å². The van der Waals surface area contributed by atoms with Gasteiger partial charge in [0.1, 0.15) is 11.9 Å². The van der Waals surface area contributed by atoms with Crippen molar-refractivity contribution >= 4 is 5.91 Å². The third kappa shape index (κ3) is 3.77. The largest absolute Gasteiger partial charge is 0.367 e. The van der Waals surface area contributed by atoms with E-state index in [1.54, 1.807) is 12.1 Å². The Kier molecular flexibility index (Phi) is 5.09. The molecule has 1 saturated heterocycles. The summed E-state index contributed by atoms with van der Waals surface area (Å²) >= 11 is 0. The summed E-state index contributed by atoms with van der Waals surface area (Å²) in [5.74, 6) is -0.138. The van der Waals surface area contributed by atoms with Crippen LogP contribution in [-0.2, 0) is 9.53 Å². The monoisotopic (exact) mass is 280 g/mol. The van der Waals surface area contributed by atoms with Gasteiger partial charge in [-0.05, 0) is 31.7 Å². The minimum atomic E-state index is -0.264. The van der Waals surface area contributed by atoms with Crippen molar-refractivity contribution in [3.05, 3.63) is 35.6 Å². The topological polar surface area (TPSA) is 41.6 Å². The molecular weight excluding hydrogens is 259 g/mol. The molecule has 1 heterocycles. The number of benzene rings is 1. The van der Waals surface area contributed by atoms with E-state index in [0.717, 1.165) is 5.56 Å². The van der Waals surface area contributed by atoms with E-state index in [1.807, 2.05) is 18.9 Å². The number of carbonyl (C=O) groups excluding carboxylic acids is 1. The SMILES string of the molecule is CNCCC(=O)N1CC(C)OC(c2ccc(F)cc2)C1. The van der Waals surface area contributed by atoms with Crippen molar-refractivity contribution in [2.75, 3.05) is 26.7 Å². The zero-order valence-electron chi connectivity index (χ0n) is 11.9. The van der Waals surface area contributed by atoms with Crippen LogP contribution in [0.25, 0.3) is 0 Å². The first-order chi connectivity index (χ1) is 9.60. The van der Waals surface area contributed by atoms with Crippen molar-refractivity contribution in [1.82, 2.24) is 10.2 Å². The second-order valence-corrected chi connectivity index (χ2v) is 5.14. The van der Waals surface area contributed by atoms with Gasteiger partial charge in [0, 0.05) is 19.5 Å². The molecule has 1 amide bonds. The summed E-state index contributed by atoms with van der Waals surface area (Å²) in [7, 11) is 1.83. The standard InChI is InChI=1S/C15H21FN2O2/c1-11-9-18(15(19)7-8-17-2)10-14(20-11)12-3-5-13(16)6-4-12/h3-6,11,14,17H,7-10H2,1-2H3. The quantitative estimate of drug-likeness (QED) is 0.913. The molecule has 5 heteroatoms. The van der Waals surface area contributed by atoms with E-state index in [1.165, 1.54) is 12.1 Å². The highest BCUT2D eigenvalue weighted by Gasteiger charge is 2.28. The molecule has 4 nitrogen and oxygen atoms in total. The van der Waals surface area contributed by atoms with Crippen molar-refractivity contribution in [3.8, 4) is 0 Å². The van der Waals surface area contributed by atoms with E-state index in [2.05, 4.69) is 5.32 Å². The minimum Gasteiger partial charge on any atom is -0.367 e. The number of rotatable bonds is 4. The lowest BCUT2D eigenvalue weighted by Crippen LogP contribution is -2.46. The Morgan fingerprint density at radius 1 is 1.40 bits per heavy atom. The molecule has 1 aliphatic heterocycles. The van der Waals surface area contributed by atoms with Gasteiger partial charge in [-0.2, -0.15) is 0 Å². The van der Waals surface area contributed by atoms with E-state index in [4.69, 9.17) is 4.74 Å². The molecule has 0 aliphatic carbocycles. The highest BCUT2D eigenvalue weighted by molar-refractivity contribution is 5.76. The van der Waals surface area contributed by atoms with Crippen LogP contribution in [-0.4, -0.2) is 43.6 Å². The summed E-state index contributed by atoms with van der Waals surface area (Å²) in [5, 5.41) is 2.98. The lowest BCUT2D eigenvalue weighted by molar-refractivity contribution is -0.144. The van der Waals surface area contributed by atoms with Crippen LogP contribution in [0.4, 0.5) is 4.39 Å². The molecule has 110 valence electrons. The maximum atomic E-state index is 13.0. The summed E-state index contributed by atoms with van der Waals surface area (Å²) in [6, 6.07) is 6.28. The Labute approximate surface area is 118 Å². The van der Waals surface area contributed by atoms with E-state index < -0.39 is 0 Å². The van der Waals surface area contributed by atoms with E-state index in [-0.39, 0.29) is 23.9 Å². The molecule has 1 aromatic carbocycles. The van der Waals surface area contributed by atoms with E-state index in [0.29, 0.717) is 26.1 Å². The van der Waals surface area contributed by atoms with Gasteiger partial charge >= 0.3 is 0 Å². The number of nitrogens with one attached hydrogen (secondary N) is 1. The van der Waals surface area contributed by atoms with Crippen LogP contribution < -0.4 is 5.32 Å². The van der Waals surface area contributed by atoms with Gasteiger partial charge in [-0.1, -0.05) is 12.1 Å². The molecule has 2 atom stereocenters. The number of hydrogen-bond donors (Lipinski definition) is 1. The first kappa shape index (κ1) is 14.9. The fourth-order valence-electron chi connectivity index (χ4n) is 2.41. The Morgan fingerprint density at radius 3 is 2.75 bits per heavy atom. The molecule has 0 spiro atoms. The van der Waals surface area contributed by atoms with Crippen LogP contribution in [0, 0.1) is 5.82 Å². The summed E-state index contributed by atoms with van der Waals surface area (Å²) in [5.41, 5.74) is 0.907. The second kappa shape index (κ2) is 6.81. The van der Waals surface area contributed by atoms with Crippen LogP contribution in [0.1, 0.15) is 25.0 Å². The molecule has 0 saturated carbocycles. The molecule has 0 aromatic heterocycles. The predicted molar refractivity (Wildman–Crippen MR) is 74.8 cm³/mol. The number of ether oxygens (including phenoxy) is 1. The van der Waals surface area contributed by atoms with Crippen LogP contribution in [0.2, 0.25) is 0 Å². The lowest BCUT2D eigenvalue weighted by atomic mass is 10.1. The highest BCUT2D eigenvalue weighted by atomic mass is 19.1. The van der Waals surface area contributed by atoms with Crippen molar-refractivity contribution < 1.29 is 13.9 Å². The van der Waals surface area contributed by atoms with E-state index >= 15 is 0 Å². The number of carbonyl (C=O) groups is 1. The zero-order valence-corrected chi connectivity index (χ0v) is 11.9. The Hall–Kier alpha value is -1.46. The van der Waals surface area contributed by atoms with Crippen molar-refractivity contribution in [2.45, 2.75) is 25.6 Å². The van der Waals surface area contributed by atoms with Gasteiger partial charge in [0.15, 0.2) is 0 Å². The molecule has 1 fully saturated rings. The average Bonchev–Trinajstić information content (AvgIpc) is 2.44. The summed E-state index contributed by atoms with van der Waals surface area (Å²) in [4.78, 5) is 13.9. The Morgan fingerprint density at radius 2 is 2.10 bits per heavy atom. The molecular formula is C15H21FN2O2. The summed E-state index contributed by atoms with van der Waals surface area (Å²) in [6.45, 7) is 3.76. The molecule has 1 N–H and O–H groups in total. The molecule has 1 aromatic rings. The van der Waals surface area contributed by atoms with Gasteiger partial charge < -0.3 is 15.0 Å². The molecule has 20 heavy (non-hydrogen) atoms. The van der Waals surface area contributed by atoms with Gasteiger partial charge in [-0.15, -0.1) is 0 Å². The third-order valence-electron chi connectivity index (χ3n) is 3.44. The fraction of sp³-hybridized carbons (Fsp3) is 0.533. The zero-order chi connectivity index (χ0) is 14.5. The van der Waals surface area contributed by atoms with Gasteiger partial charge in [0.05, 0.1) is 12.6 Å². The molecule has 2 rings (SSSR count). The fourth-order valence-corrected chi connectivity index (χ4v) is 2.41. The average molecular weight is 280 g/mol. The highest BCUT2D eigenvalue weighted by Crippen LogP contribution is 2.25. The maximum absolute atomic E-state index is 13.0. The minimum absolute atomic E-state index is 0.0164. The normalized spacial score (nSPS) is 22.9. The lowest BCUT2D eigenvalue weighted by Gasteiger charge is -2.37. The predicted octanol–water partition coefficient (Wildman–Crippen LogP) is 1.72. The molecule has 0 bridgehead atoms. The van der Waals surface area contributed by atoms with Crippen LogP contribution >= 0.6 is 0 Å². The first-order valence-electron chi connectivity index (χ1n) is 6.93. The summed E-state index contributed by atoms with van der Waals surface area (Å²) < 4.78 is 18.8. The number of nitrogens with zero attached hydrogens (tertiary/aromatic N) is 1. The number of hydrogen-bond acceptors (Lipinski definition) is 3. The third-order valence-corrected chi connectivity index (χ3v) is 3.44. The van der Waals surface area contributed by atoms with Crippen LogP contribution in [0.5, 0.6) is 0 Å². The number of morpholine rings is 1. The molecule has 2 unspecified atom stereocenters. The molecule has 0 radical (unpaired) electrons. The van der Waals surface area contributed by atoms with Gasteiger partial charge in [-0.3, -0.25) is 4.79 Å². The van der Waals surface area contributed by atoms with Gasteiger partial charge in [-0.25, -0.2) is 4.39 Å². The number of halogens is 1. The van der Waals surface area contributed by atoms with Gasteiger partial charge in [0.25, 0.3) is 0 Å². The maximum Gasteiger partial charge on any atom is 0.224 e. The smallest absolute Gasteiger partial charge is 0.224 e. The van der Waals surface area contributed by atoms with Crippen LogP contribution in [0.15, 0.2) is 24.3 Å². The summed E-state index contributed by atoms with van der Waals surface area (Å²) in [6.07, 6.45) is 0.287. The van der Waals surface area contributed by atoms with Crippen molar-refractivity contribution in [3.63, 3.8) is 0 Å². The Bertz CT molecular complexity index is 450. The molecule has 1 aliphatic rings. The van der Waals surface area contributed by atoms with Crippen molar-refractivity contribution in [1.29, 1.82) is 0 Å². The second-order valence-electron chi connectivity index (χ2n) is 5.14. The first-order valence-corrected chi connectivity index (χ1v) is 6.93.